The number of carbonyl (C=O) groups excluding carboxylic acids is 1. The molecule has 3 aromatic carbocycles. The van der Waals surface area contributed by atoms with Crippen molar-refractivity contribution >= 4 is 12.0 Å². The molecular formula is C25H22F2O3. The van der Waals surface area contributed by atoms with Gasteiger partial charge in [-0.2, -0.15) is 0 Å². The lowest BCUT2D eigenvalue weighted by molar-refractivity contribution is -0.137. The third-order valence-corrected chi connectivity index (χ3v) is 4.65. The van der Waals surface area contributed by atoms with Crippen molar-refractivity contribution < 1.29 is 23.4 Å². The van der Waals surface area contributed by atoms with Gasteiger partial charge >= 0.3 is 5.97 Å². The Hall–Kier alpha value is -3.47. The number of hydrogen-bond donors (Lipinski definition) is 1. The summed E-state index contributed by atoms with van der Waals surface area (Å²) in [6.07, 6.45) is 0.0941. The second-order valence-corrected chi connectivity index (χ2v) is 6.83. The lowest BCUT2D eigenvalue weighted by Crippen LogP contribution is -1.98. The Bertz CT molecular complexity index is 1090. The third kappa shape index (κ3) is 4.92. The van der Waals surface area contributed by atoms with Crippen molar-refractivity contribution in [1.29, 1.82) is 0 Å². The van der Waals surface area contributed by atoms with Crippen molar-refractivity contribution in [3.05, 3.63) is 83.4 Å². The molecule has 5 heteroatoms. The molecule has 0 spiro atoms. The summed E-state index contributed by atoms with van der Waals surface area (Å²) in [7, 11) is 0. The maximum absolute atomic E-state index is 13.9. The summed E-state index contributed by atoms with van der Waals surface area (Å²) in [5.41, 5.74) is 3.81. The minimum Gasteiger partial charge on any atom is -0.508 e. The van der Waals surface area contributed by atoms with Crippen LogP contribution in [0.5, 0.6) is 5.75 Å². The predicted octanol–water partition coefficient (Wildman–Crippen LogP) is 6.55. The third-order valence-electron chi connectivity index (χ3n) is 4.65. The molecule has 0 atom stereocenters. The van der Waals surface area contributed by atoms with Crippen LogP contribution in [0.3, 0.4) is 0 Å². The van der Waals surface area contributed by atoms with E-state index in [9.17, 15) is 18.7 Å². The number of phenols is 1. The summed E-state index contributed by atoms with van der Waals surface area (Å²) in [4.78, 5) is 11.7. The zero-order chi connectivity index (χ0) is 21.7. The Labute approximate surface area is 174 Å². The van der Waals surface area contributed by atoms with Crippen molar-refractivity contribution in [3.63, 3.8) is 0 Å². The van der Waals surface area contributed by atoms with E-state index in [1.165, 1.54) is 30.4 Å². The second kappa shape index (κ2) is 9.35. The van der Waals surface area contributed by atoms with Gasteiger partial charge in [-0.25, -0.2) is 13.6 Å². The highest BCUT2D eigenvalue weighted by Crippen LogP contribution is 2.36. The van der Waals surface area contributed by atoms with Crippen LogP contribution in [0.2, 0.25) is 0 Å². The van der Waals surface area contributed by atoms with E-state index in [1.807, 2.05) is 31.2 Å². The number of alkyl halides is 2. The SMILES string of the molecule is CCOC(=O)/C=C/c1cc(O)ccc1-c1ccc(-c2cccc(C)c2)c(C(F)F)c1. The van der Waals surface area contributed by atoms with Crippen LogP contribution in [0.4, 0.5) is 8.78 Å². The molecule has 0 aliphatic rings. The van der Waals surface area contributed by atoms with Crippen molar-refractivity contribution in [3.8, 4) is 28.0 Å². The Balaban J connectivity index is 2.08. The first-order valence-corrected chi connectivity index (χ1v) is 9.56. The normalized spacial score (nSPS) is 11.2. The fourth-order valence-corrected chi connectivity index (χ4v) is 3.29. The molecular weight excluding hydrogens is 386 g/mol. The molecule has 0 saturated carbocycles. The Morgan fingerprint density at radius 2 is 1.77 bits per heavy atom. The van der Waals surface area contributed by atoms with Gasteiger partial charge < -0.3 is 9.84 Å². The van der Waals surface area contributed by atoms with E-state index < -0.39 is 12.4 Å². The first-order chi connectivity index (χ1) is 14.4. The lowest BCUT2D eigenvalue weighted by atomic mass is 9.92. The van der Waals surface area contributed by atoms with E-state index in [0.717, 1.165) is 11.1 Å². The molecule has 0 aliphatic heterocycles. The number of phenolic OH excluding ortho intramolecular Hbond substituents is 1. The number of halogens is 2. The van der Waals surface area contributed by atoms with Crippen LogP contribution >= 0.6 is 0 Å². The van der Waals surface area contributed by atoms with E-state index >= 15 is 0 Å². The molecule has 154 valence electrons. The van der Waals surface area contributed by atoms with Gasteiger partial charge in [0.15, 0.2) is 0 Å². The summed E-state index contributed by atoms with van der Waals surface area (Å²) in [5.74, 6) is -0.511. The first kappa shape index (κ1) is 21.2. The van der Waals surface area contributed by atoms with E-state index in [4.69, 9.17) is 4.74 Å². The van der Waals surface area contributed by atoms with Crippen LogP contribution in [-0.2, 0) is 9.53 Å². The highest BCUT2D eigenvalue weighted by atomic mass is 19.3. The number of rotatable bonds is 6. The van der Waals surface area contributed by atoms with Crippen LogP contribution in [0.25, 0.3) is 28.3 Å². The van der Waals surface area contributed by atoms with Crippen LogP contribution in [0.15, 0.2) is 66.7 Å². The summed E-state index contributed by atoms with van der Waals surface area (Å²) in [5, 5.41) is 9.84. The highest BCUT2D eigenvalue weighted by Gasteiger charge is 2.17. The van der Waals surface area contributed by atoms with Gasteiger partial charge in [0, 0.05) is 11.6 Å². The molecule has 0 heterocycles. The molecule has 0 bridgehead atoms. The zero-order valence-electron chi connectivity index (χ0n) is 16.7. The van der Waals surface area contributed by atoms with Gasteiger partial charge in [0.2, 0.25) is 0 Å². The summed E-state index contributed by atoms with van der Waals surface area (Å²) < 4.78 is 32.7. The van der Waals surface area contributed by atoms with Gasteiger partial charge in [-0.3, -0.25) is 0 Å². The molecule has 3 aromatic rings. The van der Waals surface area contributed by atoms with Gasteiger partial charge in [-0.1, -0.05) is 48.0 Å². The maximum Gasteiger partial charge on any atom is 0.330 e. The number of hydrogen-bond acceptors (Lipinski definition) is 3. The fourth-order valence-electron chi connectivity index (χ4n) is 3.29. The Kier molecular flexibility index (Phi) is 6.62. The van der Waals surface area contributed by atoms with Gasteiger partial charge in [0.1, 0.15) is 5.75 Å². The number of esters is 1. The fraction of sp³-hybridized carbons (Fsp3) is 0.160. The Morgan fingerprint density at radius 3 is 2.47 bits per heavy atom. The van der Waals surface area contributed by atoms with E-state index in [2.05, 4.69) is 0 Å². The molecule has 0 saturated heterocycles. The molecule has 3 rings (SSSR count). The van der Waals surface area contributed by atoms with E-state index in [0.29, 0.717) is 22.3 Å². The molecule has 0 amide bonds. The molecule has 0 fully saturated rings. The van der Waals surface area contributed by atoms with Gasteiger partial charge in [-0.15, -0.1) is 0 Å². The second-order valence-electron chi connectivity index (χ2n) is 6.83. The quantitative estimate of drug-likeness (QED) is 0.372. The molecule has 0 aromatic heterocycles. The topological polar surface area (TPSA) is 46.5 Å². The standard InChI is InChI=1S/C25H22F2O3/c1-3-30-24(29)12-8-18-14-20(28)9-11-21(18)19-7-10-22(23(15-19)25(26)27)17-6-4-5-16(2)13-17/h4-15,25,28H,3H2,1-2H3/b12-8+. The monoisotopic (exact) mass is 408 g/mol. The number of carbonyl (C=O) groups is 1. The summed E-state index contributed by atoms with van der Waals surface area (Å²) in [6.45, 7) is 3.86. The summed E-state index contributed by atoms with van der Waals surface area (Å²) >= 11 is 0. The summed E-state index contributed by atoms with van der Waals surface area (Å²) in [6, 6.07) is 16.9. The smallest absolute Gasteiger partial charge is 0.330 e. The van der Waals surface area contributed by atoms with Crippen LogP contribution in [0, 0.1) is 6.92 Å². The minimum absolute atomic E-state index is 0.00715. The van der Waals surface area contributed by atoms with Crippen molar-refractivity contribution in [2.45, 2.75) is 20.3 Å². The highest BCUT2D eigenvalue weighted by molar-refractivity contribution is 5.89. The van der Waals surface area contributed by atoms with Crippen molar-refractivity contribution in [2.75, 3.05) is 6.61 Å². The van der Waals surface area contributed by atoms with E-state index in [1.54, 1.807) is 25.1 Å². The predicted molar refractivity (Wildman–Crippen MR) is 114 cm³/mol. The van der Waals surface area contributed by atoms with Crippen molar-refractivity contribution in [2.24, 2.45) is 0 Å². The maximum atomic E-state index is 13.9. The molecule has 0 unspecified atom stereocenters. The van der Waals surface area contributed by atoms with Gasteiger partial charge in [0.05, 0.1) is 6.61 Å². The van der Waals surface area contributed by atoms with Crippen molar-refractivity contribution in [1.82, 2.24) is 0 Å². The molecule has 0 aliphatic carbocycles. The molecule has 1 N–H and O–H groups in total. The van der Waals surface area contributed by atoms with Crippen LogP contribution in [0.1, 0.15) is 30.0 Å². The lowest BCUT2D eigenvalue weighted by Gasteiger charge is -2.14. The average molecular weight is 408 g/mol. The molecule has 3 nitrogen and oxygen atoms in total. The molecule has 30 heavy (non-hydrogen) atoms. The molecule has 0 radical (unpaired) electrons. The van der Waals surface area contributed by atoms with Gasteiger partial charge in [0.25, 0.3) is 6.43 Å². The van der Waals surface area contributed by atoms with Crippen LogP contribution in [-0.4, -0.2) is 17.7 Å². The Morgan fingerprint density at radius 1 is 1.03 bits per heavy atom. The van der Waals surface area contributed by atoms with E-state index in [-0.39, 0.29) is 17.9 Å². The largest absolute Gasteiger partial charge is 0.508 e. The minimum atomic E-state index is -2.66. The van der Waals surface area contributed by atoms with Gasteiger partial charge in [-0.05, 0) is 65.9 Å². The number of benzene rings is 3. The number of ether oxygens (including phenoxy) is 1. The first-order valence-electron chi connectivity index (χ1n) is 9.56. The number of aryl methyl sites for hydroxylation is 1. The number of aromatic hydroxyl groups is 1. The zero-order valence-corrected chi connectivity index (χ0v) is 16.7. The van der Waals surface area contributed by atoms with Crippen LogP contribution < -0.4 is 0 Å². The average Bonchev–Trinajstić information content (AvgIpc) is 2.72.